The Morgan fingerprint density at radius 1 is 1.23 bits per heavy atom. The van der Waals surface area contributed by atoms with Gasteiger partial charge in [-0.15, -0.1) is 0 Å². The lowest BCUT2D eigenvalue weighted by atomic mass is 10.1. The Morgan fingerprint density at radius 2 is 2.14 bits per heavy atom. The number of rotatable bonds is 6. The largest absolute Gasteiger partial charge is 0.337 e. The van der Waals surface area contributed by atoms with Crippen molar-refractivity contribution in [3.63, 3.8) is 0 Å². The minimum atomic E-state index is 0.800. The molecule has 6 nitrogen and oxygen atoms in total. The van der Waals surface area contributed by atoms with Crippen LogP contribution in [0.3, 0.4) is 0 Å². The van der Waals surface area contributed by atoms with Crippen molar-refractivity contribution in [2.24, 2.45) is 7.05 Å². The van der Waals surface area contributed by atoms with Gasteiger partial charge in [0.25, 0.3) is 0 Å². The van der Waals surface area contributed by atoms with Crippen LogP contribution in [-0.2, 0) is 20.1 Å². The first-order chi connectivity index (χ1) is 10.8. The fraction of sp³-hybridized carbons (Fsp3) is 0.312. The van der Waals surface area contributed by atoms with E-state index in [1.807, 2.05) is 25.5 Å². The van der Waals surface area contributed by atoms with E-state index in [0.717, 1.165) is 36.8 Å². The SMILES string of the molecule is CCN(Cc1cccc(-c2ncn[nH]2)c1)Cc1nccn1C. The van der Waals surface area contributed by atoms with Crippen molar-refractivity contribution in [3.8, 4) is 11.4 Å². The number of hydrogen-bond acceptors (Lipinski definition) is 4. The summed E-state index contributed by atoms with van der Waals surface area (Å²) in [5.41, 5.74) is 2.31. The maximum Gasteiger partial charge on any atom is 0.155 e. The van der Waals surface area contributed by atoms with Crippen LogP contribution in [0.1, 0.15) is 18.3 Å². The molecule has 22 heavy (non-hydrogen) atoms. The molecular weight excluding hydrogens is 276 g/mol. The fourth-order valence-electron chi connectivity index (χ4n) is 2.45. The molecule has 3 rings (SSSR count). The Hall–Kier alpha value is -2.47. The molecule has 0 saturated heterocycles. The number of benzene rings is 1. The van der Waals surface area contributed by atoms with Crippen LogP contribution in [-0.4, -0.2) is 36.2 Å². The lowest BCUT2D eigenvalue weighted by Crippen LogP contribution is -2.24. The van der Waals surface area contributed by atoms with Crippen LogP contribution in [0.2, 0.25) is 0 Å². The normalized spacial score (nSPS) is 11.2. The van der Waals surface area contributed by atoms with Crippen molar-refractivity contribution in [2.75, 3.05) is 6.54 Å². The standard InChI is InChI=1S/C16H20N6/c1-3-22(11-15-17-7-8-21(15)2)10-13-5-4-6-14(9-13)16-18-12-19-20-16/h4-9,12H,3,10-11H2,1-2H3,(H,18,19,20). The van der Waals surface area contributed by atoms with Gasteiger partial charge in [-0.05, 0) is 18.2 Å². The number of hydrogen-bond donors (Lipinski definition) is 1. The van der Waals surface area contributed by atoms with Crippen molar-refractivity contribution < 1.29 is 0 Å². The van der Waals surface area contributed by atoms with Crippen LogP contribution in [0.15, 0.2) is 43.0 Å². The number of H-pyrrole nitrogens is 1. The average Bonchev–Trinajstić information content (AvgIpc) is 3.19. The monoisotopic (exact) mass is 296 g/mol. The van der Waals surface area contributed by atoms with E-state index >= 15 is 0 Å². The van der Waals surface area contributed by atoms with Crippen LogP contribution < -0.4 is 0 Å². The third kappa shape index (κ3) is 3.23. The minimum absolute atomic E-state index is 0.800. The summed E-state index contributed by atoms with van der Waals surface area (Å²) in [6, 6.07) is 8.39. The van der Waals surface area contributed by atoms with Gasteiger partial charge in [-0.2, -0.15) is 5.10 Å². The number of nitrogens with one attached hydrogen (secondary N) is 1. The van der Waals surface area contributed by atoms with Crippen LogP contribution in [0.4, 0.5) is 0 Å². The summed E-state index contributed by atoms with van der Waals surface area (Å²) >= 11 is 0. The van der Waals surface area contributed by atoms with E-state index in [1.54, 1.807) is 0 Å². The predicted octanol–water partition coefficient (Wildman–Crippen LogP) is 2.23. The summed E-state index contributed by atoms with van der Waals surface area (Å²) in [7, 11) is 2.03. The molecule has 3 aromatic rings. The molecule has 0 radical (unpaired) electrons. The summed E-state index contributed by atoms with van der Waals surface area (Å²) in [5, 5.41) is 6.81. The van der Waals surface area contributed by atoms with Crippen molar-refractivity contribution in [1.82, 2.24) is 29.6 Å². The average molecular weight is 296 g/mol. The first kappa shape index (κ1) is 14.5. The zero-order valence-corrected chi connectivity index (χ0v) is 12.9. The van der Waals surface area contributed by atoms with Gasteiger partial charge in [-0.1, -0.05) is 25.1 Å². The Kier molecular flexibility index (Phi) is 4.29. The highest BCUT2D eigenvalue weighted by Gasteiger charge is 2.09. The van der Waals surface area contributed by atoms with Crippen molar-refractivity contribution >= 4 is 0 Å². The molecule has 0 spiro atoms. The molecule has 2 aromatic heterocycles. The second-order valence-electron chi connectivity index (χ2n) is 5.29. The Bertz CT molecular complexity index is 716. The van der Waals surface area contributed by atoms with E-state index in [2.05, 4.69) is 54.8 Å². The smallest absolute Gasteiger partial charge is 0.155 e. The van der Waals surface area contributed by atoms with E-state index in [0.29, 0.717) is 0 Å². The van der Waals surface area contributed by atoms with Gasteiger partial charge in [-0.3, -0.25) is 10.00 Å². The van der Waals surface area contributed by atoms with Crippen molar-refractivity contribution in [1.29, 1.82) is 0 Å². The molecule has 0 atom stereocenters. The van der Waals surface area contributed by atoms with Crippen LogP contribution >= 0.6 is 0 Å². The third-order valence-corrected chi connectivity index (χ3v) is 3.75. The summed E-state index contributed by atoms with van der Waals surface area (Å²) in [4.78, 5) is 11.0. The highest BCUT2D eigenvalue weighted by molar-refractivity contribution is 5.55. The van der Waals surface area contributed by atoms with Gasteiger partial charge in [0.2, 0.25) is 0 Å². The summed E-state index contributed by atoms with van der Waals surface area (Å²) in [6.45, 7) is 4.86. The molecule has 6 heteroatoms. The Labute approximate surface area is 129 Å². The first-order valence-electron chi connectivity index (χ1n) is 7.39. The lowest BCUT2D eigenvalue weighted by Gasteiger charge is -2.20. The van der Waals surface area contributed by atoms with Crippen LogP contribution in [0.25, 0.3) is 11.4 Å². The molecule has 0 amide bonds. The number of aromatic amines is 1. The van der Waals surface area contributed by atoms with Gasteiger partial charge < -0.3 is 4.57 Å². The molecular formula is C16H20N6. The molecule has 0 aliphatic carbocycles. The molecule has 114 valence electrons. The molecule has 0 aliphatic rings. The highest BCUT2D eigenvalue weighted by Crippen LogP contribution is 2.17. The highest BCUT2D eigenvalue weighted by atomic mass is 15.2. The fourth-order valence-corrected chi connectivity index (χ4v) is 2.45. The van der Waals surface area contributed by atoms with E-state index in [4.69, 9.17) is 0 Å². The summed E-state index contributed by atoms with van der Waals surface area (Å²) < 4.78 is 2.06. The Balaban J connectivity index is 1.74. The van der Waals surface area contributed by atoms with Gasteiger partial charge in [0.1, 0.15) is 12.2 Å². The second kappa shape index (κ2) is 6.53. The molecule has 0 fully saturated rings. The second-order valence-corrected chi connectivity index (χ2v) is 5.29. The first-order valence-corrected chi connectivity index (χ1v) is 7.39. The molecule has 0 aliphatic heterocycles. The topological polar surface area (TPSA) is 62.6 Å². The van der Waals surface area contributed by atoms with Crippen molar-refractivity contribution in [3.05, 3.63) is 54.4 Å². The summed E-state index contributed by atoms with van der Waals surface area (Å²) in [5.74, 6) is 1.88. The molecule has 0 saturated carbocycles. The lowest BCUT2D eigenvalue weighted by molar-refractivity contribution is 0.262. The number of nitrogens with zero attached hydrogens (tertiary/aromatic N) is 5. The minimum Gasteiger partial charge on any atom is -0.337 e. The van der Waals surface area contributed by atoms with E-state index in [-0.39, 0.29) is 0 Å². The predicted molar refractivity (Wildman–Crippen MR) is 84.8 cm³/mol. The number of aryl methyl sites for hydroxylation is 1. The van der Waals surface area contributed by atoms with Gasteiger partial charge in [0, 0.05) is 31.5 Å². The zero-order chi connectivity index (χ0) is 15.4. The van der Waals surface area contributed by atoms with E-state index in [9.17, 15) is 0 Å². The quantitative estimate of drug-likeness (QED) is 0.757. The van der Waals surface area contributed by atoms with Gasteiger partial charge in [-0.25, -0.2) is 9.97 Å². The van der Waals surface area contributed by atoms with Gasteiger partial charge >= 0.3 is 0 Å². The van der Waals surface area contributed by atoms with Crippen molar-refractivity contribution in [2.45, 2.75) is 20.0 Å². The summed E-state index contributed by atoms with van der Waals surface area (Å²) in [6.07, 6.45) is 5.35. The maximum absolute atomic E-state index is 4.40. The number of imidazole rings is 1. The molecule has 1 N–H and O–H groups in total. The third-order valence-electron chi connectivity index (χ3n) is 3.75. The van der Waals surface area contributed by atoms with Crippen LogP contribution in [0, 0.1) is 0 Å². The Morgan fingerprint density at radius 3 is 2.82 bits per heavy atom. The van der Waals surface area contributed by atoms with Gasteiger partial charge in [0.15, 0.2) is 5.82 Å². The molecule has 0 unspecified atom stereocenters. The molecule has 1 aromatic carbocycles. The maximum atomic E-state index is 4.40. The van der Waals surface area contributed by atoms with E-state index < -0.39 is 0 Å². The van der Waals surface area contributed by atoms with Gasteiger partial charge in [0.05, 0.1) is 6.54 Å². The molecule has 2 heterocycles. The van der Waals surface area contributed by atoms with Crippen LogP contribution in [0.5, 0.6) is 0 Å². The van der Waals surface area contributed by atoms with E-state index in [1.165, 1.54) is 11.9 Å². The zero-order valence-electron chi connectivity index (χ0n) is 12.9. The number of aromatic nitrogens is 5. The molecule has 0 bridgehead atoms.